The molecule has 0 amide bonds. The SMILES string of the molecule is C=CC(=O)O.COCC(CO)(CO)CO. The van der Waals surface area contributed by atoms with Crippen molar-refractivity contribution in [3.8, 4) is 0 Å². The maximum atomic E-state index is 9.25. The monoisotopic (exact) mass is 222 g/mol. The second-order valence-electron chi connectivity index (χ2n) is 2.95. The minimum atomic E-state index is -0.981. The van der Waals surface area contributed by atoms with Crippen LogP contribution in [0.3, 0.4) is 0 Å². The van der Waals surface area contributed by atoms with Crippen LogP contribution in [0.25, 0.3) is 0 Å². The first-order valence-corrected chi connectivity index (χ1v) is 4.18. The molecule has 0 radical (unpaired) electrons. The van der Waals surface area contributed by atoms with E-state index in [-0.39, 0.29) is 26.4 Å². The maximum absolute atomic E-state index is 9.25. The van der Waals surface area contributed by atoms with E-state index < -0.39 is 11.4 Å². The summed E-state index contributed by atoms with van der Waals surface area (Å²) < 4.78 is 4.70. The third kappa shape index (κ3) is 8.07. The fraction of sp³-hybridized carbons (Fsp3) is 0.667. The van der Waals surface area contributed by atoms with Crippen LogP contribution in [-0.4, -0.2) is 59.9 Å². The van der Waals surface area contributed by atoms with Gasteiger partial charge in [0, 0.05) is 13.2 Å². The Labute approximate surface area is 88.4 Å². The molecule has 0 fully saturated rings. The van der Waals surface area contributed by atoms with Gasteiger partial charge in [-0.3, -0.25) is 0 Å². The lowest BCUT2D eigenvalue weighted by Gasteiger charge is -2.25. The van der Waals surface area contributed by atoms with Crippen LogP contribution >= 0.6 is 0 Å². The summed E-state index contributed by atoms with van der Waals surface area (Å²) >= 11 is 0. The Hall–Kier alpha value is -0.950. The van der Waals surface area contributed by atoms with Crippen molar-refractivity contribution in [3.63, 3.8) is 0 Å². The molecule has 0 aliphatic heterocycles. The molecule has 0 saturated carbocycles. The molecule has 0 aromatic carbocycles. The van der Waals surface area contributed by atoms with E-state index in [0.29, 0.717) is 0 Å². The highest BCUT2D eigenvalue weighted by molar-refractivity contribution is 5.78. The number of carbonyl (C=O) groups is 1. The molecular weight excluding hydrogens is 204 g/mol. The van der Waals surface area contributed by atoms with Gasteiger partial charge in [-0.05, 0) is 0 Å². The average molecular weight is 222 g/mol. The molecule has 90 valence electrons. The Morgan fingerprint density at radius 1 is 1.33 bits per heavy atom. The second-order valence-corrected chi connectivity index (χ2v) is 2.95. The van der Waals surface area contributed by atoms with Crippen molar-refractivity contribution in [2.75, 3.05) is 33.5 Å². The van der Waals surface area contributed by atoms with Gasteiger partial charge in [-0.15, -0.1) is 0 Å². The van der Waals surface area contributed by atoms with E-state index in [9.17, 15) is 4.79 Å². The third-order valence-corrected chi connectivity index (χ3v) is 1.63. The highest BCUT2D eigenvalue weighted by Crippen LogP contribution is 2.13. The molecule has 15 heavy (non-hydrogen) atoms. The minimum absolute atomic E-state index is 0.163. The van der Waals surface area contributed by atoms with Gasteiger partial charge in [-0.1, -0.05) is 6.58 Å². The molecule has 6 heteroatoms. The molecule has 0 aliphatic rings. The zero-order valence-electron chi connectivity index (χ0n) is 8.72. The van der Waals surface area contributed by atoms with Gasteiger partial charge in [0.2, 0.25) is 0 Å². The summed E-state index contributed by atoms with van der Waals surface area (Å²) in [5, 5.41) is 33.7. The standard InChI is InChI=1S/C6H14O4.C3H4O2/c1-10-5-6(2-7,3-8)4-9;1-2-3(4)5/h7-9H,2-5H2,1H3;2H,1H2,(H,4,5). The summed E-state index contributed by atoms with van der Waals surface area (Å²) in [7, 11) is 1.45. The number of hydrogen-bond acceptors (Lipinski definition) is 5. The zero-order chi connectivity index (χ0) is 12.3. The summed E-state index contributed by atoms with van der Waals surface area (Å²) in [6.07, 6.45) is 0.833. The highest BCUT2D eigenvalue weighted by Gasteiger charge is 2.27. The Morgan fingerprint density at radius 3 is 1.73 bits per heavy atom. The molecule has 0 aromatic rings. The summed E-state index contributed by atoms with van der Waals surface area (Å²) in [6.45, 7) is 2.31. The quantitative estimate of drug-likeness (QED) is 0.423. The van der Waals surface area contributed by atoms with Crippen LogP contribution in [0.15, 0.2) is 12.7 Å². The first-order valence-electron chi connectivity index (χ1n) is 4.18. The second kappa shape index (κ2) is 9.60. The third-order valence-electron chi connectivity index (χ3n) is 1.63. The predicted molar refractivity (Wildman–Crippen MR) is 53.4 cm³/mol. The van der Waals surface area contributed by atoms with Crippen molar-refractivity contribution in [2.45, 2.75) is 0 Å². The lowest BCUT2D eigenvalue weighted by molar-refractivity contribution is -0.131. The first kappa shape index (κ1) is 16.5. The molecule has 0 heterocycles. The van der Waals surface area contributed by atoms with E-state index in [2.05, 4.69) is 6.58 Å². The topological polar surface area (TPSA) is 107 Å². The largest absolute Gasteiger partial charge is 0.478 e. The fourth-order valence-electron chi connectivity index (χ4n) is 0.593. The van der Waals surface area contributed by atoms with Crippen LogP contribution in [0, 0.1) is 5.41 Å². The Bertz CT molecular complexity index is 167. The molecule has 0 spiro atoms. The van der Waals surface area contributed by atoms with Crippen molar-refractivity contribution >= 4 is 5.97 Å². The first-order chi connectivity index (χ1) is 7.01. The zero-order valence-corrected chi connectivity index (χ0v) is 8.72. The summed E-state index contributed by atoms with van der Waals surface area (Å²) in [4.78, 5) is 9.25. The van der Waals surface area contributed by atoms with Crippen molar-refractivity contribution in [2.24, 2.45) is 5.41 Å². The molecule has 0 bridgehead atoms. The van der Waals surface area contributed by atoms with E-state index in [1.807, 2.05) is 0 Å². The van der Waals surface area contributed by atoms with Gasteiger partial charge in [0.1, 0.15) is 0 Å². The Morgan fingerprint density at radius 2 is 1.67 bits per heavy atom. The molecule has 0 saturated heterocycles. The van der Waals surface area contributed by atoms with Gasteiger partial charge >= 0.3 is 5.97 Å². The van der Waals surface area contributed by atoms with Crippen LogP contribution in [0.5, 0.6) is 0 Å². The molecule has 0 rings (SSSR count). The van der Waals surface area contributed by atoms with Crippen molar-refractivity contribution in [1.29, 1.82) is 0 Å². The van der Waals surface area contributed by atoms with E-state index in [1.165, 1.54) is 7.11 Å². The molecular formula is C9H18O6. The van der Waals surface area contributed by atoms with Gasteiger partial charge in [-0.25, -0.2) is 4.79 Å². The number of carboxylic acid groups (broad SMARTS) is 1. The summed E-state index contributed by atoms with van der Waals surface area (Å²) in [5.74, 6) is -0.981. The smallest absolute Gasteiger partial charge is 0.327 e. The van der Waals surface area contributed by atoms with Crippen LogP contribution in [0.1, 0.15) is 0 Å². The Kier molecular flexibility index (Phi) is 10.5. The fourth-order valence-corrected chi connectivity index (χ4v) is 0.593. The number of carboxylic acids is 1. The number of aliphatic carboxylic acids is 1. The van der Waals surface area contributed by atoms with E-state index in [4.69, 9.17) is 25.2 Å². The highest BCUT2D eigenvalue weighted by atomic mass is 16.5. The van der Waals surface area contributed by atoms with Crippen molar-refractivity contribution in [3.05, 3.63) is 12.7 Å². The molecule has 0 aliphatic carbocycles. The number of methoxy groups -OCH3 is 1. The lowest BCUT2D eigenvalue weighted by Crippen LogP contribution is -2.38. The molecule has 0 atom stereocenters. The van der Waals surface area contributed by atoms with Crippen molar-refractivity contribution < 1.29 is 30.0 Å². The van der Waals surface area contributed by atoms with Crippen molar-refractivity contribution in [1.82, 2.24) is 0 Å². The van der Waals surface area contributed by atoms with Crippen LogP contribution in [0.2, 0.25) is 0 Å². The lowest BCUT2D eigenvalue weighted by atomic mass is 9.93. The van der Waals surface area contributed by atoms with Crippen LogP contribution in [0.4, 0.5) is 0 Å². The summed E-state index contributed by atoms with van der Waals surface area (Å²) in [6, 6.07) is 0. The molecule has 0 aromatic heterocycles. The molecule has 4 N–H and O–H groups in total. The van der Waals surface area contributed by atoms with E-state index in [1.54, 1.807) is 0 Å². The Balaban J connectivity index is 0. The number of ether oxygens (including phenoxy) is 1. The van der Waals surface area contributed by atoms with E-state index >= 15 is 0 Å². The minimum Gasteiger partial charge on any atom is -0.478 e. The van der Waals surface area contributed by atoms with Gasteiger partial charge in [0.15, 0.2) is 0 Å². The van der Waals surface area contributed by atoms with Crippen LogP contribution in [-0.2, 0) is 9.53 Å². The number of hydrogen-bond donors (Lipinski definition) is 4. The van der Waals surface area contributed by atoms with Gasteiger partial charge < -0.3 is 25.2 Å². The number of aliphatic hydroxyl groups excluding tert-OH is 3. The molecule has 0 unspecified atom stereocenters. The van der Waals surface area contributed by atoms with Gasteiger partial charge in [0.05, 0.1) is 31.8 Å². The number of rotatable bonds is 6. The summed E-state index contributed by atoms with van der Waals surface area (Å²) in [5.41, 5.74) is -0.880. The predicted octanol–water partition coefficient (Wildman–Crippen LogP) is -1.15. The number of aliphatic hydroxyl groups is 3. The van der Waals surface area contributed by atoms with Gasteiger partial charge in [-0.2, -0.15) is 0 Å². The van der Waals surface area contributed by atoms with Crippen LogP contribution < -0.4 is 0 Å². The van der Waals surface area contributed by atoms with E-state index in [0.717, 1.165) is 6.08 Å². The molecule has 6 nitrogen and oxygen atoms in total. The van der Waals surface area contributed by atoms with Gasteiger partial charge in [0.25, 0.3) is 0 Å². The average Bonchev–Trinajstić information content (AvgIpc) is 2.27. The maximum Gasteiger partial charge on any atom is 0.327 e. The normalized spacial score (nSPS) is 10.1.